The number of fused-ring (bicyclic) bond motifs is 1. The van der Waals surface area contributed by atoms with Gasteiger partial charge in [-0.25, -0.2) is 4.79 Å². The highest BCUT2D eigenvalue weighted by Crippen LogP contribution is 2.29. The van der Waals surface area contributed by atoms with E-state index in [1.54, 1.807) is 6.08 Å². The van der Waals surface area contributed by atoms with Gasteiger partial charge >= 0.3 is 5.97 Å². The van der Waals surface area contributed by atoms with Crippen LogP contribution in [-0.4, -0.2) is 43.7 Å². The Morgan fingerprint density at radius 2 is 2.12 bits per heavy atom. The minimum Gasteiger partial charge on any atom is -0.494 e. The second-order valence-corrected chi connectivity index (χ2v) is 3.62. The van der Waals surface area contributed by atoms with Crippen LogP contribution in [0.1, 0.15) is 0 Å². The van der Waals surface area contributed by atoms with E-state index in [-0.39, 0.29) is 5.97 Å². The van der Waals surface area contributed by atoms with Crippen LogP contribution in [0.4, 0.5) is 0 Å². The molecule has 0 radical (unpaired) electrons. The van der Waals surface area contributed by atoms with Gasteiger partial charge in [0.1, 0.15) is 5.76 Å². The van der Waals surface area contributed by atoms with E-state index >= 15 is 0 Å². The largest absolute Gasteiger partial charge is 0.494 e. The van der Waals surface area contributed by atoms with E-state index in [0.29, 0.717) is 18.1 Å². The molecule has 2 rings (SSSR count). The van der Waals surface area contributed by atoms with Gasteiger partial charge in [0, 0.05) is 13.2 Å². The Balaban J connectivity index is 2.41. The van der Waals surface area contributed by atoms with Gasteiger partial charge in [-0.05, 0) is 12.2 Å². The predicted molar refractivity (Wildman–Crippen MR) is 57.7 cm³/mol. The van der Waals surface area contributed by atoms with Crippen molar-refractivity contribution in [3.8, 4) is 0 Å². The van der Waals surface area contributed by atoms with Gasteiger partial charge < -0.3 is 19.3 Å². The van der Waals surface area contributed by atoms with Gasteiger partial charge in [0.2, 0.25) is 0 Å². The van der Waals surface area contributed by atoms with Crippen LogP contribution in [0, 0.1) is 0 Å². The fraction of sp³-hybridized carbons (Fsp3) is 0.364. The van der Waals surface area contributed by atoms with Crippen molar-refractivity contribution in [3.63, 3.8) is 0 Å². The molecule has 0 aliphatic carbocycles. The van der Waals surface area contributed by atoms with Crippen LogP contribution < -0.4 is 0 Å². The molecule has 16 heavy (non-hydrogen) atoms. The Morgan fingerprint density at radius 1 is 1.38 bits per heavy atom. The maximum absolute atomic E-state index is 11.7. The van der Waals surface area contributed by atoms with Gasteiger partial charge in [-0.1, -0.05) is 0 Å². The summed E-state index contributed by atoms with van der Waals surface area (Å²) in [6, 6.07) is 0. The number of methoxy groups -OCH3 is 2. The molecule has 0 atom stereocenters. The molecule has 0 aromatic heterocycles. The highest BCUT2D eigenvalue weighted by molar-refractivity contribution is 5.90. The second-order valence-electron chi connectivity index (χ2n) is 3.62. The fourth-order valence-corrected chi connectivity index (χ4v) is 1.82. The standard InChI is InChI=1S/C11H14N2O3/c1-12-6-8-4-5-9(15-2)10(11(14)16-3)13(8)7-12/h4-6H,7H2,1-3H3. The molecule has 0 unspecified atom stereocenters. The van der Waals surface area contributed by atoms with Crippen LogP contribution in [0.25, 0.3) is 0 Å². The first-order valence-electron chi connectivity index (χ1n) is 4.91. The van der Waals surface area contributed by atoms with Crippen molar-refractivity contribution in [3.05, 3.63) is 35.5 Å². The van der Waals surface area contributed by atoms with Crippen LogP contribution in [0.2, 0.25) is 0 Å². The fourth-order valence-electron chi connectivity index (χ4n) is 1.82. The Labute approximate surface area is 94.2 Å². The molecule has 0 fully saturated rings. The van der Waals surface area contributed by atoms with Crippen molar-refractivity contribution in [1.82, 2.24) is 9.80 Å². The Bertz CT molecular complexity index is 409. The molecule has 2 aliphatic heterocycles. The molecule has 0 saturated heterocycles. The number of nitrogens with zero attached hydrogens (tertiary/aromatic N) is 2. The lowest BCUT2D eigenvalue weighted by Crippen LogP contribution is -2.31. The van der Waals surface area contributed by atoms with E-state index in [0.717, 1.165) is 5.70 Å². The lowest BCUT2D eigenvalue weighted by atomic mass is 10.2. The van der Waals surface area contributed by atoms with Crippen LogP contribution in [0.3, 0.4) is 0 Å². The molecule has 2 aliphatic rings. The third kappa shape index (κ3) is 1.54. The molecule has 5 heteroatoms. The number of carbonyl (C=O) groups excluding carboxylic acids is 1. The SMILES string of the molecule is COC(=O)C1=C(OC)C=CC2=CN(C)CN21. The predicted octanol–water partition coefficient (Wildman–Crippen LogP) is 0.633. The summed E-state index contributed by atoms with van der Waals surface area (Å²) in [6.07, 6.45) is 5.65. The summed E-state index contributed by atoms with van der Waals surface area (Å²) in [7, 11) is 4.85. The van der Waals surface area contributed by atoms with Gasteiger partial charge in [-0.15, -0.1) is 0 Å². The molecule has 86 valence electrons. The zero-order valence-corrected chi connectivity index (χ0v) is 9.56. The lowest BCUT2D eigenvalue weighted by molar-refractivity contribution is -0.138. The minimum atomic E-state index is -0.387. The normalized spacial score (nSPS) is 18.6. The average Bonchev–Trinajstić information content (AvgIpc) is 2.66. The van der Waals surface area contributed by atoms with Gasteiger partial charge in [0.05, 0.1) is 26.6 Å². The molecule has 5 nitrogen and oxygen atoms in total. The van der Waals surface area contributed by atoms with E-state index in [2.05, 4.69) is 0 Å². The number of ether oxygens (including phenoxy) is 2. The number of rotatable bonds is 2. The Morgan fingerprint density at radius 3 is 2.75 bits per heavy atom. The van der Waals surface area contributed by atoms with E-state index in [9.17, 15) is 4.79 Å². The third-order valence-corrected chi connectivity index (χ3v) is 2.54. The number of hydrogen-bond donors (Lipinski definition) is 0. The molecular weight excluding hydrogens is 208 g/mol. The summed E-state index contributed by atoms with van der Waals surface area (Å²) >= 11 is 0. The second kappa shape index (κ2) is 3.92. The van der Waals surface area contributed by atoms with Gasteiger partial charge in [0.25, 0.3) is 0 Å². The van der Waals surface area contributed by atoms with Crippen molar-refractivity contribution >= 4 is 5.97 Å². The maximum atomic E-state index is 11.7. The van der Waals surface area contributed by atoms with E-state index in [1.807, 2.05) is 29.1 Å². The summed E-state index contributed by atoms with van der Waals surface area (Å²) in [4.78, 5) is 15.6. The van der Waals surface area contributed by atoms with Crippen molar-refractivity contribution < 1.29 is 14.3 Å². The summed E-state index contributed by atoms with van der Waals surface area (Å²) in [6.45, 7) is 0.622. The highest BCUT2D eigenvalue weighted by Gasteiger charge is 2.31. The third-order valence-electron chi connectivity index (χ3n) is 2.54. The van der Waals surface area contributed by atoms with E-state index < -0.39 is 0 Å². The monoisotopic (exact) mass is 222 g/mol. The number of carbonyl (C=O) groups is 1. The van der Waals surface area contributed by atoms with Crippen LogP contribution >= 0.6 is 0 Å². The van der Waals surface area contributed by atoms with Crippen molar-refractivity contribution in [2.24, 2.45) is 0 Å². The molecule has 0 amide bonds. The number of hydrogen-bond acceptors (Lipinski definition) is 5. The molecule has 0 spiro atoms. The quantitative estimate of drug-likeness (QED) is 0.641. The first-order valence-corrected chi connectivity index (χ1v) is 4.91. The maximum Gasteiger partial charge on any atom is 0.358 e. The first kappa shape index (κ1) is 10.6. The molecule has 0 aromatic rings. The molecule has 0 aromatic carbocycles. The Kier molecular flexibility index (Phi) is 2.60. The van der Waals surface area contributed by atoms with Crippen molar-refractivity contribution in [1.29, 1.82) is 0 Å². The lowest BCUT2D eigenvalue weighted by Gasteiger charge is -2.26. The molecular formula is C11H14N2O3. The van der Waals surface area contributed by atoms with Crippen molar-refractivity contribution in [2.75, 3.05) is 27.9 Å². The van der Waals surface area contributed by atoms with Gasteiger partial charge in [-0.3, -0.25) is 0 Å². The number of allylic oxidation sites excluding steroid dienone is 2. The molecule has 0 bridgehead atoms. The van der Waals surface area contributed by atoms with Crippen LogP contribution in [0.15, 0.2) is 35.5 Å². The molecule has 0 N–H and O–H groups in total. The molecule has 0 saturated carbocycles. The first-order chi connectivity index (χ1) is 7.67. The van der Waals surface area contributed by atoms with Gasteiger partial charge in [-0.2, -0.15) is 0 Å². The zero-order valence-electron chi connectivity index (χ0n) is 9.56. The summed E-state index contributed by atoms with van der Waals surface area (Å²) < 4.78 is 9.94. The topological polar surface area (TPSA) is 42.0 Å². The average molecular weight is 222 g/mol. The summed E-state index contributed by atoms with van der Waals surface area (Å²) in [5, 5.41) is 0. The summed E-state index contributed by atoms with van der Waals surface area (Å²) in [5.74, 6) is 0.140. The zero-order chi connectivity index (χ0) is 11.7. The van der Waals surface area contributed by atoms with Crippen LogP contribution in [0.5, 0.6) is 0 Å². The minimum absolute atomic E-state index is 0.387. The molecule has 2 heterocycles. The summed E-state index contributed by atoms with van der Waals surface area (Å²) in [5.41, 5.74) is 1.41. The van der Waals surface area contributed by atoms with E-state index in [4.69, 9.17) is 9.47 Å². The smallest absolute Gasteiger partial charge is 0.358 e. The van der Waals surface area contributed by atoms with E-state index in [1.165, 1.54) is 14.2 Å². The van der Waals surface area contributed by atoms with Crippen LogP contribution in [-0.2, 0) is 14.3 Å². The number of esters is 1. The Hall–Kier alpha value is -1.91. The van der Waals surface area contributed by atoms with Crippen molar-refractivity contribution in [2.45, 2.75) is 0 Å². The highest BCUT2D eigenvalue weighted by atomic mass is 16.5. The van der Waals surface area contributed by atoms with Gasteiger partial charge in [0.15, 0.2) is 5.70 Å².